The minimum atomic E-state index is 0.327. The predicted molar refractivity (Wildman–Crippen MR) is 53.6 cm³/mol. The van der Waals surface area contributed by atoms with E-state index in [9.17, 15) is 0 Å². The Bertz CT molecular complexity index is 436. The van der Waals surface area contributed by atoms with E-state index in [2.05, 4.69) is 39.7 Å². The molecular formula is C9H9BrN2O. The molecule has 0 saturated heterocycles. The molecule has 0 aliphatic heterocycles. The van der Waals surface area contributed by atoms with Crippen LogP contribution in [0.15, 0.2) is 21.3 Å². The topological polar surface area (TPSA) is 38.9 Å². The third-order valence-corrected chi connectivity index (χ3v) is 2.17. The standard InChI is InChI=1S/C9H9BrN2O/c1-5(2)8-11-4-6-3-7(10)13-9(6)12-8/h3-5H,1-2H3. The highest BCUT2D eigenvalue weighted by atomic mass is 79.9. The maximum Gasteiger partial charge on any atom is 0.230 e. The molecule has 68 valence electrons. The normalized spacial score (nSPS) is 11.4. The Labute approximate surface area is 84.3 Å². The Kier molecular flexibility index (Phi) is 2.07. The van der Waals surface area contributed by atoms with E-state index in [-0.39, 0.29) is 0 Å². The third kappa shape index (κ3) is 1.58. The molecule has 0 N–H and O–H groups in total. The second-order valence-electron chi connectivity index (χ2n) is 3.19. The van der Waals surface area contributed by atoms with Crippen LogP contribution in [-0.2, 0) is 0 Å². The van der Waals surface area contributed by atoms with Crippen LogP contribution in [0.25, 0.3) is 11.1 Å². The average Bonchev–Trinajstić information content (AvgIpc) is 2.42. The van der Waals surface area contributed by atoms with E-state index in [0.29, 0.717) is 16.3 Å². The summed E-state index contributed by atoms with van der Waals surface area (Å²) >= 11 is 3.25. The summed E-state index contributed by atoms with van der Waals surface area (Å²) in [7, 11) is 0. The van der Waals surface area contributed by atoms with Crippen LogP contribution < -0.4 is 0 Å². The first-order valence-electron chi connectivity index (χ1n) is 4.09. The highest BCUT2D eigenvalue weighted by Crippen LogP contribution is 2.22. The van der Waals surface area contributed by atoms with E-state index in [4.69, 9.17) is 4.42 Å². The van der Waals surface area contributed by atoms with Crippen molar-refractivity contribution in [2.24, 2.45) is 0 Å². The minimum Gasteiger partial charge on any atom is -0.431 e. The van der Waals surface area contributed by atoms with Crippen molar-refractivity contribution < 1.29 is 4.42 Å². The largest absolute Gasteiger partial charge is 0.431 e. The summed E-state index contributed by atoms with van der Waals surface area (Å²) in [5.74, 6) is 1.14. The Hall–Kier alpha value is -0.900. The third-order valence-electron chi connectivity index (χ3n) is 1.78. The van der Waals surface area contributed by atoms with E-state index < -0.39 is 0 Å². The molecule has 0 amide bonds. The number of rotatable bonds is 1. The van der Waals surface area contributed by atoms with Crippen molar-refractivity contribution >= 4 is 27.0 Å². The van der Waals surface area contributed by atoms with Crippen molar-refractivity contribution in [1.82, 2.24) is 9.97 Å². The van der Waals surface area contributed by atoms with Gasteiger partial charge < -0.3 is 4.42 Å². The molecule has 0 aliphatic rings. The monoisotopic (exact) mass is 240 g/mol. The molecule has 13 heavy (non-hydrogen) atoms. The van der Waals surface area contributed by atoms with Crippen molar-refractivity contribution in [3.8, 4) is 0 Å². The van der Waals surface area contributed by atoms with Gasteiger partial charge in [0.2, 0.25) is 5.71 Å². The van der Waals surface area contributed by atoms with Crippen molar-refractivity contribution in [1.29, 1.82) is 0 Å². The first kappa shape index (κ1) is 8.69. The maximum atomic E-state index is 5.32. The van der Waals surface area contributed by atoms with Gasteiger partial charge in [-0.2, -0.15) is 4.98 Å². The second-order valence-corrected chi connectivity index (χ2v) is 3.98. The summed E-state index contributed by atoms with van der Waals surface area (Å²) in [6.45, 7) is 4.11. The molecule has 4 heteroatoms. The molecule has 0 spiro atoms. The average molecular weight is 241 g/mol. The van der Waals surface area contributed by atoms with Gasteiger partial charge in [-0.05, 0) is 15.9 Å². The van der Waals surface area contributed by atoms with E-state index in [0.717, 1.165) is 11.2 Å². The van der Waals surface area contributed by atoms with Gasteiger partial charge in [0.1, 0.15) is 5.82 Å². The Morgan fingerprint density at radius 3 is 2.92 bits per heavy atom. The van der Waals surface area contributed by atoms with Gasteiger partial charge in [-0.3, -0.25) is 0 Å². The zero-order chi connectivity index (χ0) is 9.42. The summed E-state index contributed by atoms with van der Waals surface area (Å²) in [5, 5.41) is 0.927. The van der Waals surface area contributed by atoms with E-state index in [1.165, 1.54) is 0 Å². The molecule has 0 fully saturated rings. The zero-order valence-corrected chi connectivity index (χ0v) is 9.00. The number of hydrogen-bond acceptors (Lipinski definition) is 3. The summed E-state index contributed by atoms with van der Waals surface area (Å²) in [6.07, 6.45) is 1.78. The number of halogens is 1. The van der Waals surface area contributed by atoms with Crippen LogP contribution in [0.2, 0.25) is 0 Å². The fraction of sp³-hybridized carbons (Fsp3) is 0.333. The fourth-order valence-electron chi connectivity index (χ4n) is 1.09. The quantitative estimate of drug-likeness (QED) is 0.769. The summed E-state index contributed by atoms with van der Waals surface area (Å²) in [6, 6.07) is 1.86. The molecule has 0 radical (unpaired) electrons. The lowest BCUT2D eigenvalue weighted by Crippen LogP contribution is -1.95. The van der Waals surface area contributed by atoms with Gasteiger partial charge in [0.25, 0.3) is 0 Å². The molecule has 0 unspecified atom stereocenters. The first-order valence-corrected chi connectivity index (χ1v) is 4.88. The summed E-state index contributed by atoms with van der Waals surface area (Å²) in [5.41, 5.74) is 0.644. The van der Waals surface area contributed by atoms with Gasteiger partial charge in [0, 0.05) is 18.2 Å². The molecule has 0 aliphatic carbocycles. The van der Waals surface area contributed by atoms with Crippen molar-refractivity contribution in [3.63, 3.8) is 0 Å². The molecule has 2 rings (SSSR count). The lowest BCUT2D eigenvalue weighted by molar-refractivity contribution is 0.570. The van der Waals surface area contributed by atoms with E-state index in [1.54, 1.807) is 6.20 Å². The summed E-state index contributed by atoms with van der Waals surface area (Å²) in [4.78, 5) is 8.52. The lowest BCUT2D eigenvalue weighted by atomic mass is 10.2. The van der Waals surface area contributed by atoms with Gasteiger partial charge >= 0.3 is 0 Å². The zero-order valence-electron chi connectivity index (χ0n) is 7.41. The predicted octanol–water partition coefficient (Wildman–Crippen LogP) is 3.11. The van der Waals surface area contributed by atoms with Gasteiger partial charge in [0.15, 0.2) is 4.67 Å². The van der Waals surface area contributed by atoms with Crippen LogP contribution in [0.5, 0.6) is 0 Å². The molecule has 2 heterocycles. The van der Waals surface area contributed by atoms with Crippen LogP contribution in [0.1, 0.15) is 25.6 Å². The lowest BCUT2D eigenvalue weighted by Gasteiger charge is -2.00. The Morgan fingerprint density at radius 1 is 1.46 bits per heavy atom. The number of fused-ring (bicyclic) bond motifs is 1. The van der Waals surface area contributed by atoms with Gasteiger partial charge in [0.05, 0.1) is 5.39 Å². The van der Waals surface area contributed by atoms with Crippen LogP contribution in [0.3, 0.4) is 0 Å². The molecule has 2 aromatic rings. The Balaban J connectivity index is 2.61. The second kappa shape index (κ2) is 3.10. The molecule has 2 aromatic heterocycles. The highest BCUT2D eigenvalue weighted by molar-refractivity contribution is 9.10. The molecule has 0 saturated carbocycles. The van der Waals surface area contributed by atoms with Gasteiger partial charge in [-0.1, -0.05) is 13.8 Å². The first-order chi connectivity index (χ1) is 6.16. The maximum absolute atomic E-state index is 5.32. The number of nitrogens with zero attached hydrogens (tertiary/aromatic N) is 2. The molecule has 0 atom stereocenters. The molecule has 0 bridgehead atoms. The molecular weight excluding hydrogens is 232 g/mol. The van der Waals surface area contributed by atoms with Crippen LogP contribution in [0.4, 0.5) is 0 Å². The highest BCUT2D eigenvalue weighted by Gasteiger charge is 2.07. The van der Waals surface area contributed by atoms with Crippen LogP contribution in [0, 0.1) is 0 Å². The van der Waals surface area contributed by atoms with E-state index >= 15 is 0 Å². The van der Waals surface area contributed by atoms with Gasteiger partial charge in [-0.15, -0.1) is 0 Å². The minimum absolute atomic E-state index is 0.327. The van der Waals surface area contributed by atoms with Gasteiger partial charge in [-0.25, -0.2) is 4.98 Å². The fourth-order valence-corrected chi connectivity index (χ4v) is 1.49. The number of furan rings is 1. The van der Waals surface area contributed by atoms with Crippen molar-refractivity contribution in [2.45, 2.75) is 19.8 Å². The smallest absolute Gasteiger partial charge is 0.230 e. The van der Waals surface area contributed by atoms with Crippen molar-refractivity contribution in [3.05, 3.63) is 22.8 Å². The van der Waals surface area contributed by atoms with Crippen LogP contribution in [-0.4, -0.2) is 9.97 Å². The van der Waals surface area contributed by atoms with Crippen molar-refractivity contribution in [2.75, 3.05) is 0 Å². The number of aromatic nitrogens is 2. The van der Waals surface area contributed by atoms with E-state index in [1.807, 2.05) is 6.07 Å². The van der Waals surface area contributed by atoms with Crippen LogP contribution >= 0.6 is 15.9 Å². The summed E-state index contributed by atoms with van der Waals surface area (Å²) < 4.78 is 6.02. The SMILES string of the molecule is CC(C)c1ncc2cc(Br)oc2n1. The number of hydrogen-bond donors (Lipinski definition) is 0. The Morgan fingerprint density at radius 2 is 2.23 bits per heavy atom. The molecule has 0 aromatic carbocycles. The molecule has 3 nitrogen and oxygen atoms in total.